The number of hydrogen-bond acceptors (Lipinski definition) is 4. The van der Waals surface area contributed by atoms with E-state index in [9.17, 15) is 4.79 Å². The maximum atomic E-state index is 12.3. The highest BCUT2D eigenvalue weighted by Crippen LogP contribution is 2.29. The van der Waals surface area contributed by atoms with Crippen LogP contribution in [-0.4, -0.2) is 49.2 Å². The largest absolute Gasteiger partial charge is 0.497 e. The molecule has 1 saturated carbocycles. The highest BCUT2D eigenvalue weighted by atomic mass is 16.5. The van der Waals surface area contributed by atoms with Gasteiger partial charge in [0.05, 0.1) is 7.11 Å². The number of nitrogens with one attached hydrogen (secondary N) is 1. The summed E-state index contributed by atoms with van der Waals surface area (Å²) in [7, 11) is 1.63. The van der Waals surface area contributed by atoms with Crippen molar-refractivity contribution in [2.75, 3.05) is 20.2 Å². The molecule has 0 radical (unpaired) electrons. The summed E-state index contributed by atoms with van der Waals surface area (Å²) < 4.78 is 10.8. The zero-order chi connectivity index (χ0) is 16.2. The van der Waals surface area contributed by atoms with E-state index >= 15 is 0 Å². The van der Waals surface area contributed by atoms with E-state index in [0.29, 0.717) is 5.75 Å². The molecule has 1 unspecified atom stereocenters. The molecule has 23 heavy (non-hydrogen) atoms. The first kappa shape index (κ1) is 16.1. The average Bonchev–Trinajstić information content (AvgIpc) is 3.41. The van der Waals surface area contributed by atoms with E-state index in [0.717, 1.165) is 37.7 Å². The van der Waals surface area contributed by atoms with E-state index < -0.39 is 6.10 Å². The van der Waals surface area contributed by atoms with Gasteiger partial charge >= 0.3 is 0 Å². The van der Waals surface area contributed by atoms with Crippen molar-refractivity contribution in [1.82, 2.24) is 10.2 Å². The summed E-state index contributed by atoms with van der Waals surface area (Å²) in [4.78, 5) is 14.8. The van der Waals surface area contributed by atoms with E-state index in [2.05, 4.69) is 10.2 Å². The molecular weight excluding hydrogens is 292 g/mol. The van der Waals surface area contributed by atoms with Crippen LogP contribution in [0.2, 0.25) is 0 Å². The molecule has 1 aliphatic heterocycles. The molecule has 2 aliphatic rings. The lowest BCUT2D eigenvalue weighted by molar-refractivity contribution is -0.128. The number of amides is 1. The van der Waals surface area contributed by atoms with Gasteiger partial charge in [0.1, 0.15) is 11.5 Å². The topological polar surface area (TPSA) is 50.8 Å². The van der Waals surface area contributed by atoms with Gasteiger partial charge in [-0.2, -0.15) is 0 Å². The number of rotatable bonds is 6. The Bertz CT molecular complexity index is 520. The lowest BCUT2D eigenvalue weighted by atomic mass is 10.0. The first-order chi connectivity index (χ1) is 11.2. The normalized spacial score (nSPS) is 20.8. The molecule has 0 aromatic heterocycles. The molecule has 1 saturated heterocycles. The molecule has 5 heteroatoms. The van der Waals surface area contributed by atoms with Gasteiger partial charge in [-0.15, -0.1) is 0 Å². The predicted octanol–water partition coefficient (Wildman–Crippen LogP) is 2.21. The average molecular weight is 318 g/mol. The minimum Gasteiger partial charge on any atom is -0.497 e. The summed E-state index contributed by atoms with van der Waals surface area (Å²) in [5, 5.41) is 3.13. The van der Waals surface area contributed by atoms with E-state index in [1.54, 1.807) is 14.0 Å². The van der Waals surface area contributed by atoms with Crippen molar-refractivity contribution in [2.24, 2.45) is 0 Å². The molecule has 1 atom stereocenters. The third-order valence-electron chi connectivity index (χ3n) is 4.68. The summed E-state index contributed by atoms with van der Waals surface area (Å²) in [6.07, 6.45) is 4.28. The number of carbonyl (C=O) groups excluding carboxylic acids is 1. The highest BCUT2D eigenvalue weighted by molar-refractivity contribution is 5.81. The number of nitrogens with zero attached hydrogens (tertiary/aromatic N) is 1. The second-order valence-electron chi connectivity index (χ2n) is 6.49. The summed E-state index contributed by atoms with van der Waals surface area (Å²) in [6, 6.07) is 8.39. The SMILES string of the molecule is COc1ccc(OC(C)C(=O)NC2CCN(C3CC3)CC2)cc1. The van der Waals surface area contributed by atoms with E-state index in [1.165, 1.54) is 12.8 Å². The Kier molecular flexibility index (Phi) is 5.06. The van der Waals surface area contributed by atoms with Crippen LogP contribution in [0.15, 0.2) is 24.3 Å². The first-order valence-corrected chi connectivity index (χ1v) is 8.51. The van der Waals surface area contributed by atoms with Gasteiger partial charge in [0, 0.05) is 25.2 Å². The van der Waals surface area contributed by atoms with Gasteiger partial charge in [0.25, 0.3) is 5.91 Å². The highest BCUT2D eigenvalue weighted by Gasteiger charge is 2.32. The molecule has 1 amide bonds. The van der Waals surface area contributed by atoms with E-state index in [-0.39, 0.29) is 11.9 Å². The monoisotopic (exact) mass is 318 g/mol. The molecule has 1 aliphatic carbocycles. The summed E-state index contributed by atoms with van der Waals surface area (Å²) in [5.41, 5.74) is 0. The molecule has 126 valence electrons. The lowest BCUT2D eigenvalue weighted by Gasteiger charge is -2.32. The Labute approximate surface area is 137 Å². The van der Waals surface area contributed by atoms with Gasteiger partial charge in [0.15, 0.2) is 6.10 Å². The van der Waals surface area contributed by atoms with Crippen molar-refractivity contribution in [3.8, 4) is 11.5 Å². The van der Waals surface area contributed by atoms with Gasteiger partial charge < -0.3 is 19.7 Å². The van der Waals surface area contributed by atoms with Crippen LogP contribution in [0.1, 0.15) is 32.6 Å². The Balaban J connectivity index is 1.43. The fourth-order valence-corrected chi connectivity index (χ4v) is 3.08. The summed E-state index contributed by atoms with van der Waals surface area (Å²) in [6.45, 7) is 3.99. The quantitative estimate of drug-likeness (QED) is 0.874. The molecule has 3 rings (SSSR count). The predicted molar refractivity (Wildman–Crippen MR) is 88.8 cm³/mol. The minimum atomic E-state index is -0.496. The molecule has 5 nitrogen and oxygen atoms in total. The number of methoxy groups -OCH3 is 1. The Morgan fingerprint density at radius 1 is 1.13 bits per heavy atom. The van der Waals surface area contributed by atoms with Crippen molar-refractivity contribution < 1.29 is 14.3 Å². The first-order valence-electron chi connectivity index (χ1n) is 8.51. The van der Waals surface area contributed by atoms with Crippen LogP contribution in [-0.2, 0) is 4.79 Å². The van der Waals surface area contributed by atoms with Crippen LogP contribution < -0.4 is 14.8 Å². The third-order valence-corrected chi connectivity index (χ3v) is 4.68. The number of likely N-dealkylation sites (tertiary alicyclic amines) is 1. The summed E-state index contributed by atoms with van der Waals surface area (Å²) in [5.74, 6) is 1.42. The zero-order valence-corrected chi connectivity index (χ0v) is 14.0. The van der Waals surface area contributed by atoms with Gasteiger partial charge in [-0.3, -0.25) is 4.79 Å². The number of carbonyl (C=O) groups is 1. The van der Waals surface area contributed by atoms with Gasteiger partial charge in [-0.05, 0) is 56.9 Å². The molecular formula is C18H26N2O3. The lowest BCUT2D eigenvalue weighted by Crippen LogP contribution is -2.48. The van der Waals surface area contributed by atoms with Crippen molar-refractivity contribution in [3.63, 3.8) is 0 Å². The molecule has 0 spiro atoms. The number of ether oxygens (including phenoxy) is 2. The minimum absolute atomic E-state index is 0.0364. The van der Waals surface area contributed by atoms with Crippen LogP contribution >= 0.6 is 0 Å². The van der Waals surface area contributed by atoms with Gasteiger partial charge in [-0.1, -0.05) is 0 Å². The van der Waals surface area contributed by atoms with Crippen LogP contribution in [0.3, 0.4) is 0 Å². The molecule has 1 heterocycles. The number of hydrogen-bond donors (Lipinski definition) is 1. The van der Waals surface area contributed by atoms with E-state index in [4.69, 9.17) is 9.47 Å². The van der Waals surface area contributed by atoms with Crippen molar-refractivity contribution in [2.45, 2.75) is 50.8 Å². The van der Waals surface area contributed by atoms with Gasteiger partial charge in [-0.25, -0.2) is 0 Å². The van der Waals surface area contributed by atoms with Gasteiger partial charge in [0.2, 0.25) is 0 Å². The number of benzene rings is 1. The standard InChI is InChI=1S/C18H26N2O3/c1-13(23-17-7-5-16(22-2)6-8-17)18(21)19-14-9-11-20(12-10-14)15-3-4-15/h5-8,13-15H,3-4,9-12H2,1-2H3,(H,19,21). The smallest absolute Gasteiger partial charge is 0.260 e. The second-order valence-corrected chi connectivity index (χ2v) is 6.49. The van der Waals surface area contributed by atoms with Crippen LogP contribution in [0.5, 0.6) is 11.5 Å². The van der Waals surface area contributed by atoms with Crippen molar-refractivity contribution in [3.05, 3.63) is 24.3 Å². The van der Waals surface area contributed by atoms with Crippen LogP contribution in [0.25, 0.3) is 0 Å². The molecule has 1 aromatic carbocycles. The Morgan fingerprint density at radius 3 is 2.30 bits per heavy atom. The third kappa shape index (κ3) is 4.38. The molecule has 2 fully saturated rings. The Morgan fingerprint density at radius 2 is 1.74 bits per heavy atom. The van der Waals surface area contributed by atoms with Crippen LogP contribution in [0.4, 0.5) is 0 Å². The van der Waals surface area contributed by atoms with Crippen molar-refractivity contribution in [1.29, 1.82) is 0 Å². The maximum Gasteiger partial charge on any atom is 0.260 e. The fraction of sp³-hybridized carbons (Fsp3) is 0.611. The fourth-order valence-electron chi connectivity index (χ4n) is 3.08. The Hall–Kier alpha value is -1.75. The maximum absolute atomic E-state index is 12.3. The number of piperidine rings is 1. The zero-order valence-electron chi connectivity index (χ0n) is 14.0. The van der Waals surface area contributed by atoms with Crippen LogP contribution in [0, 0.1) is 0 Å². The molecule has 1 N–H and O–H groups in total. The second kappa shape index (κ2) is 7.21. The summed E-state index contributed by atoms with van der Waals surface area (Å²) >= 11 is 0. The van der Waals surface area contributed by atoms with E-state index in [1.807, 2.05) is 24.3 Å². The van der Waals surface area contributed by atoms with Crippen molar-refractivity contribution >= 4 is 5.91 Å². The molecule has 0 bridgehead atoms. The molecule has 1 aromatic rings.